The number of carbonyl (C=O) groups is 1. The van der Waals surface area contributed by atoms with Crippen molar-refractivity contribution in [1.29, 1.82) is 0 Å². The third-order valence-corrected chi connectivity index (χ3v) is 1.23. The van der Waals surface area contributed by atoms with Crippen LogP contribution in [0.2, 0.25) is 0 Å². The monoisotopic (exact) mass is 130 g/mol. The SMILES string of the molecule is CC(=O)OC(C)C1CO1. The minimum Gasteiger partial charge on any atom is -0.460 e. The molecule has 0 amide bonds. The number of rotatable bonds is 2. The maximum absolute atomic E-state index is 10.3. The molecule has 52 valence electrons. The van der Waals surface area contributed by atoms with Gasteiger partial charge in [-0.15, -0.1) is 0 Å². The molecule has 0 spiro atoms. The van der Waals surface area contributed by atoms with Gasteiger partial charge in [-0.2, -0.15) is 0 Å². The first-order chi connectivity index (χ1) is 4.20. The van der Waals surface area contributed by atoms with Crippen LogP contribution < -0.4 is 0 Å². The Morgan fingerprint density at radius 1 is 1.89 bits per heavy atom. The number of hydrogen-bond donors (Lipinski definition) is 0. The van der Waals surface area contributed by atoms with Gasteiger partial charge < -0.3 is 9.47 Å². The van der Waals surface area contributed by atoms with Crippen LogP contribution in [0.3, 0.4) is 0 Å². The number of esters is 1. The zero-order chi connectivity index (χ0) is 6.85. The number of hydrogen-bond acceptors (Lipinski definition) is 3. The Kier molecular flexibility index (Phi) is 1.71. The number of epoxide rings is 1. The van der Waals surface area contributed by atoms with Gasteiger partial charge >= 0.3 is 5.97 Å². The quantitative estimate of drug-likeness (QED) is 0.399. The minimum atomic E-state index is -0.238. The zero-order valence-electron chi connectivity index (χ0n) is 5.59. The highest BCUT2D eigenvalue weighted by atomic mass is 16.6. The van der Waals surface area contributed by atoms with Crippen LogP contribution in [-0.2, 0) is 14.3 Å². The van der Waals surface area contributed by atoms with E-state index in [2.05, 4.69) is 0 Å². The van der Waals surface area contributed by atoms with Gasteiger partial charge in [0.1, 0.15) is 12.2 Å². The van der Waals surface area contributed by atoms with E-state index in [1.807, 2.05) is 6.92 Å². The number of ether oxygens (including phenoxy) is 2. The Labute approximate surface area is 53.9 Å². The van der Waals surface area contributed by atoms with Gasteiger partial charge in [0.05, 0.1) is 6.61 Å². The Morgan fingerprint density at radius 3 is 2.78 bits per heavy atom. The molecule has 9 heavy (non-hydrogen) atoms. The van der Waals surface area contributed by atoms with E-state index < -0.39 is 0 Å². The first-order valence-corrected chi connectivity index (χ1v) is 2.99. The molecule has 1 aliphatic heterocycles. The van der Waals surface area contributed by atoms with E-state index in [0.29, 0.717) is 0 Å². The van der Waals surface area contributed by atoms with E-state index in [4.69, 9.17) is 9.47 Å². The third-order valence-electron chi connectivity index (χ3n) is 1.23. The maximum atomic E-state index is 10.3. The molecule has 0 radical (unpaired) electrons. The molecular weight excluding hydrogens is 120 g/mol. The molecule has 0 saturated carbocycles. The van der Waals surface area contributed by atoms with Gasteiger partial charge in [-0.05, 0) is 6.92 Å². The van der Waals surface area contributed by atoms with Crippen molar-refractivity contribution in [2.75, 3.05) is 6.61 Å². The van der Waals surface area contributed by atoms with Crippen LogP contribution in [0.5, 0.6) is 0 Å². The Bertz CT molecular complexity index is 117. The largest absolute Gasteiger partial charge is 0.460 e. The van der Waals surface area contributed by atoms with Crippen LogP contribution in [0.25, 0.3) is 0 Å². The highest BCUT2D eigenvalue weighted by Gasteiger charge is 2.31. The van der Waals surface area contributed by atoms with Crippen LogP contribution in [-0.4, -0.2) is 24.8 Å². The summed E-state index contributed by atoms with van der Waals surface area (Å²) in [5.41, 5.74) is 0. The molecular formula is C6H10O3. The molecule has 0 aliphatic carbocycles. The summed E-state index contributed by atoms with van der Waals surface area (Å²) in [4.78, 5) is 10.3. The molecule has 0 aromatic carbocycles. The first kappa shape index (κ1) is 6.55. The summed E-state index contributed by atoms with van der Waals surface area (Å²) in [6.45, 7) is 3.96. The lowest BCUT2D eigenvalue weighted by Gasteiger charge is -2.06. The van der Waals surface area contributed by atoms with Crippen LogP contribution in [0.4, 0.5) is 0 Å². The predicted octanol–water partition coefficient (Wildman–Crippen LogP) is 0.337. The summed E-state index contributed by atoms with van der Waals surface area (Å²) in [5.74, 6) is -0.238. The topological polar surface area (TPSA) is 38.8 Å². The average molecular weight is 130 g/mol. The fourth-order valence-corrected chi connectivity index (χ4v) is 0.664. The van der Waals surface area contributed by atoms with Crippen molar-refractivity contribution in [2.24, 2.45) is 0 Å². The zero-order valence-corrected chi connectivity index (χ0v) is 5.59. The molecule has 1 saturated heterocycles. The second kappa shape index (κ2) is 2.35. The second-order valence-corrected chi connectivity index (χ2v) is 2.19. The van der Waals surface area contributed by atoms with Gasteiger partial charge in [0.2, 0.25) is 0 Å². The summed E-state index contributed by atoms with van der Waals surface area (Å²) in [7, 11) is 0. The van der Waals surface area contributed by atoms with Gasteiger partial charge in [0, 0.05) is 6.92 Å². The smallest absolute Gasteiger partial charge is 0.302 e. The van der Waals surface area contributed by atoms with E-state index in [1.165, 1.54) is 6.92 Å². The van der Waals surface area contributed by atoms with E-state index in [1.54, 1.807) is 0 Å². The lowest BCUT2D eigenvalue weighted by molar-refractivity contribution is -0.146. The molecule has 1 fully saturated rings. The summed E-state index contributed by atoms with van der Waals surface area (Å²) in [6.07, 6.45) is 0.0939. The first-order valence-electron chi connectivity index (χ1n) is 2.99. The van der Waals surface area contributed by atoms with Crippen LogP contribution in [0, 0.1) is 0 Å². The molecule has 0 bridgehead atoms. The van der Waals surface area contributed by atoms with Gasteiger partial charge in [0.15, 0.2) is 0 Å². The van der Waals surface area contributed by atoms with Crippen molar-refractivity contribution >= 4 is 5.97 Å². The van der Waals surface area contributed by atoms with Crippen molar-refractivity contribution in [1.82, 2.24) is 0 Å². The molecule has 0 aromatic rings. The van der Waals surface area contributed by atoms with Gasteiger partial charge in [0.25, 0.3) is 0 Å². The predicted molar refractivity (Wildman–Crippen MR) is 31.0 cm³/mol. The molecule has 3 nitrogen and oxygen atoms in total. The fourth-order valence-electron chi connectivity index (χ4n) is 0.664. The van der Waals surface area contributed by atoms with E-state index in [0.717, 1.165) is 6.61 Å². The second-order valence-electron chi connectivity index (χ2n) is 2.19. The molecule has 3 heteroatoms. The molecule has 2 atom stereocenters. The molecule has 0 aromatic heterocycles. The van der Waals surface area contributed by atoms with E-state index in [9.17, 15) is 4.79 Å². The normalized spacial score (nSPS) is 27.1. The molecule has 1 rings (SSSR count). The fraction of sp³-hybridized carbons (Fsp3) is 0.833. The van der Waals surface area contributed by atoms with E-state index >= 15 is 0 Å². The van der Waals surface area contributed by atoms with Crippen molar-refractivity contribution in [3.05, 3.63) is 0 Å². The summed E-state index contributed by atoms with van der Waals surface area (Å²) < 4.78 is 9.70. The number of carbonyl (C=O) groups excluding carboxylic acids is 1. The Morgan fingerprint density at radius 2 is 2.44 bits per heavy atom. The van der Waals surface area contributed by atoms with Crippen LogP contribution >= 0.6 is 0 Å². The van der Waals surface area contributed by atoms with Gasteiger partial charge in [-0.25, -0.2) is 0 Å². The van der Waals surface area contributed by atoms with Crippen molar-refractivity contribution in [2.45, 2.75) is 26.1 Å². The summed E-state index contributed by atoms with van der Waals surface area (Å²) >= 11 is 0. The van der Waals surface area contributed by atoms with E-state index in [-0.39, 0.29) is 18.2 Å². The molecule has 2 unspecified atom stereocenters. The average Bonchev–Trinajstić information content (AvgIpc) is 2.40. The van der Waals surface area contributed by atoms with Crippen molar-refractivity contribution < 1.29 is 14.3 Å². The maximum Gasteiger partial charge on any atom is 0.302 e. The van der Waals surface area contributed by atoms with Crippen molar-refractivity contribution in [3.8, 4) is 0 Å². The Balaban J connectivity index is 2.17. The van der Waals surface area contributed by atoms with Crippen LogP contribution in [0.1, 0.15) is 13.8 Å². The Hall–Kier alpha value is -0.570. The lowest BCUT2D eigenvalue weighted by atomic mass is 10.3. The van der Waals surface area contributed by atoms with Gasteiger partial charge in [-0.1, -0.05) is 0 Å². The molecule has 0 N–H and O–H groups in total. The third kappa shape index (κ3) is 2.01. The van der Waals surface area contributed by atoms with Crippen LogP contribution in [0.15, 0.2) is 0 Å². The standard InChI is InChI=1S/C6H10O3/c1-4(6-3-8-6)9-5(2)7/h4,6H,3H2,1-2H3. The highest BCUT2D eigenvalue weighted by molar-refractivity contribution is 5.66. The summed E-state index contributed by atoms with van der Waals surface area (Å²) in [5, 5.41) is 0. The molecule has 1 aliphatic rings. The van der Waals surface area contributed by atoms with Gasteiger partial charge in [-0.3, -0.25) is 4.79 Å². The van der Waals surface area contributed by atoms with Crippen molar-refractivity contribution in [3.63, 3.8) is 0 Å². The highest BCUT2D eigenvalue weighted by Crippen LogP contribution is 2.16. The summed E-state index contributed by atoms with van der Waals surface area (Å²) in [6, 6.07) is 0. The minimum absolute atomic E-state index is 0.0671. The molecule has 1 heterocycles. The lowest BCUT2D eigenvalue weighted by Crippen LogP contribution is -2.17.